The van der Waals surface area contributed by atoms with E-state index in [-0.39, 0.29) is 12.2 Å². The van der Waals surface area contributed by atoms with Gasteiger partial charge in [-0.15, -0.1) is 0 Å². The first-order valence-corrected chi connectivity index (χ1v) is 10.2. The van der Waals surface area contributed by atoms with Crippen molar-refractivity contribution in [2.75, 3.05) is 11.9 Å². The summed E-state index contributed by atoms with van der Waals surface area (Å²) in [5.74, 6) is 0. The minimum Gasteiger partial charge on any atom is -0.306 e. The van der Waals surface area contributed by atoms with Crippen LogP contribution in [0.4, 0.5) is 23.7 Å². The van der Waals surface area contributed by atoms with Crippen molar-refractivity contribution in [3.63, 3.8) is 0 Å². The fourth-order valence-corrected chi connectivity index (χ4v) is 3.83. The number of halogens is 4. The number of benzene rings is 3. The number of amides is 2. The van der Waals surface area contributed by atoms with E-state index in [1.54, 1.807) is 12.1 Å². The molecule has 1 heterocycles. The highest BCUT2D eigenvalue weighted by Gasteiger charge is 2.42. The van der Waals surface area contributed by atoms with Gasteiger partial charge in [0.15, 0.2) is 0 Å². The van der Waals surface area contributed by atoms with Crippen molar-refractivity contribution in [2.45, 2.75) is 18.5 Å². The largest absolute Gasteiger partial charge is 0.416 e. The molecule has 164 valence electrons. The second-order valence-electron chi connectivity index (χ2n) is 7.72. The summed E-state index contributed by atoms with van der Waals surface area (Å²) in [6.45, 7) is 2.27. The lowest BCUT2D eigenvalue weighted by Crippen LogP contribution is -2.38. The number of urea groups is 1. The smallest absolute Gasteiger partial charge is 0.306 e. The van der Waals surface area contributed by atoms with Gasteiger partial charge < -0.3 is 5.32 Å². The third-order valence-electron chi connectivity index (χ3n) is 5.44. The van der Waals surface area contributed by atoms with E-state index in [1.165, 1.54) is 17.1 Å². The van der Waals surface area contributed by atoms with E-state index < -0.39 is 23.2 Å². The third-order valence-corrected chi connectivity index (χ3v) is 5.69. The maximum Gasteiger partial charge on any atom is 0.416 e. The molecule has 1 aliphatic heterocycles. The summed E-state index contributed by atoms with van der Waals surface area (Å²) in [6, 6.07) is 20.7. The Bertz CT molecular complexity index is 1150. The van der Waals surface area contributed by atoms with Gasteiger partial charge in [0.25, 0.3) is 0 Å². The average molecular weight is 458 g/mol. The van der Waals surface area contributed by atoms with Crippen molar-refractivity contribution in [1.29, 1.82) is 0 Å². The number of nitrogens with zero attached hydrogens (tertiary/aromatic N) is 2. The molecule has 4 rings (SSSR count). The van der Waals surface area contributed by atoms with Crippen molar-refractivity contribution >= 4 is 29.0 Å². The van der Waals surface area contributed by atoms with Gasteiger partial charge >= 0.3 is 12.2 Å². The van der Waals surface area contributed by atoms with E-state index >= 15 is 0 Å². The Morgan fingerprint density at radius 2 is 1.62 bits per heavy atom. The summed E-state index contributed by atoms with van der Waals surface area (Å²) in [5.41, 5.74) is 1.38. The third kappa shape index (κ3) is 4.34. The maximum absolute atomic E-state index is 12.9. The van der Waals surface area contributed by atoms with Crippen molar-refractivity contribution in [3.05, 3.63) is 101 Å². The van der Waals surface area contributed by atoms with Crippen molar-refractivity contribution in [1.82, 2.24) is 5.01 Å². The molecule has 3 aromatic carbocycles. The molecule has 0 spiro atoms. The second kappa shape index (κ2) is 8.31. The Balaban J connectivity index is 1.63. The van der Waals surface area contributed by atoms with E-state index in [0.29, 0.717) is 10.7 Å². The van der Waals surface area contributed by atoms with E-state index in [2.05, 4.69) is 10.4 Å². The Labute approximate surface area is 188 Å². The SMILES string of the molecule is CC1(c2ccccc2)CN(C(=O)Nc2ccc(C(F)(F)F)cc2)N=C1c1ccc(Cl)cc1. The molecule has 0 saturated carbocycles. The number of alkyl halides is 3. The number of carbonyl (C=O) groups excluding carboxylic acids is 1. The minimum atomic E-state index is -4.44. The van der Waals surface area contributed by atoms with Gasteiger partial charge in [0.1, 0.15) is 0 Å². The number of anilines is 1. The van der Waals surface area contributed by atoms with Gasteiger partial charge in [0, 0.05) is 10.7 Å². The zero-order valence-corrected chi connectivity index (χ0v) is 17.8. The van der Waals surface area contributed by atoms with Crippen LogP contribution in [0.2, 0.25) is 5.02 Å². The first-order valence-electron chi connectivity index (χ1n) is 9.83. The van der Waals surface area contributed by atoms with Crippen LogP contribution in [0.3, 0.4) is 0 Å². The first-order chi connectivity index (χ1) is 15.2. The number of nitrogens with one attached hydrogen (secondary N) is 1. The van der Waals surface area contributed by atoms with Crippen LogP contribution in [0.15, 0.2) is 84.0 Å². The predicted molar refractivity (Wildman–Crippen MR) is 119 cm³/mol. The van der Waals surface area contributed by atoms with Crippen LogP contribution in [-0.4, -0.2) is 23.3 Å². The molecule has 8 heteroatoms. The molecule has 4 nitrogen and oxygen atoms in total. The molecule has 0 saturated heterocycles. The molecule has 1 unspecified atom stereocenters. The fourth-order valence-electron chi connectivity index (χ4n) is 3.71. The lowest BCUT2D eigenvalue weighted by atomic mass is 9.76. The second-order valence-corrected chi connectivity index (χ2v) is 8.15. The Kier molecular flexibility index (Phi) is 5.69. The van der Waals surface area contributed by atoms with Crippen LogP contribution in [0.5, 0.6) is 0 Å². The van der Waals surface area contributed by atoms with Crippen LogP contribution in [0.1, 0.15) is 23.6 Å². The lowest BCUT2D eigenvalue weighted by Gasteiger charge is -2.27. The highest BCUT2D eigenvalue weighted by molar-refractivity contribution is 6.30. The molecular formula is C24H19ClF3N3O. The van der Waals surface area contributed by atoms with Crippen molar-refractivity contribution < 1.29 is 18.0 Å². The van der Waals surface area contributed by atoms with Gasteiger partial charge in [0.2, 0.25) is 0 Å². The predicted octanol–water partition coefficient (Wildman–Crippen LogP) is 6.57. The van der Waals surface area contributed by atoms with Gasteiger partial charge in [-0.25, -0.2) is 9.80 Å². The molecule has 1 aliphatic rings. The molecule has 1 atom stereocenters. The zero-order chi connectivity index (χ0) is 22.9. The molecule has 0 aromatic heterocycles. The first kappa shape index (κ1) is 21.9. The number of hydrogen-bond acceptors (Lipinski definition) is 2. The molecular weight excluding hydrogens is 439 g/mol. The Morgan fingerprint density at radius 3 is 2.22 bits per heavy atom. The number of rotatable bonds is 3. The van der Waals surface area contributed by atoms with Crippen molar-refractivity contribution in [2.24, 2.45) is 5.10 Å². The molecule has 32 heavy (non-hydrogen) atoms. The van der Waals surface area contributed by atoms with E-state index in [9.17, 15) is 18.0 Å². The van der Waals surface area contributed by atoms with Gasteiger partial charge in [-0.2, -0.15) is 18.3 Å². The molecule has 0 fully saturated rings. The van der Waals surface area contributed by atoms with Gasteiger partial charge in [-0.1, -0.05) is 54.1 Å². The monoisotopic (exact) mass is 457 g/mol. The van der Waals surface area contributed by atoms with Crippen molar-refractivity contribution in [3.8, 4) is 0 Å². The number of hydrogen-bond donors (Lipinski definition) is 1. The molecule has 2 amide bonds. The van der Waals surface area contributed by atoms with Gasteiger partial charge in [-0.05, 0) is 54.4 Å². The topological polar surface area (TPSA) is 44.7 Å². The summed E-state index contributed by atoms with van der Waals surface area (Å²) < 4.78 is 38.3. The summed E-state index contributed by atoms with van der Waals surface area (Å²) in [7, 11) is 0. The van der Waals surface area contributed by atoms with E-state index in [0.717, 1.165) is 23.3 Å². The molecule has 0 bridgehead atoms. The quantitative estimate of drug-likeness (QED) is 0.475. The molecule has 3 aromatic rings. The van der Waals surface area contributed by atoms with Gasteiger partial charge in [0.05, 0.1) is 23.2 Å². The van der Waals surface area contributed by atoms with Crippen LogP contribution in [0.25, 0.3) is 0 Å². The summed E-state index contributed by atoms with van der Waals surface area (Å²) >= 11 is 6.03. The average Bonchev–Trinajstić information content (AvgIpc) is 3.14. The van der Waals surface area contributed by atoms with Crippen LogP contribution in [0, 0.1) is 0 Å². The summed E-state index contributed by atoms with van der Waals surface area (Å²) in [4.78, 5) is 12.9. The zero-order valence-electron chi connectivity index (χ0n) is 17.0. The molecule has 1 N–H and O–H groups in total. The number of hydrazone groups is 1. The van der Waals surface area contributed by atoms with E-state index in [1.807, 2.05) is 49.4 Å². The Morgan fingerprint density at radius 1 is 1.00 bits per heavy atom. The highest BCUT2D eigenvalue weighted by atomic mass is 35.5. The minimum absolute atomic E-state index is 0.250. The normalized spacial score (nSPS) is 18.4. The highest BCUT2D eigenvalue weighted by Crippen LogP contribution is 2.36. The molecule has 0 radical (unpaired) electrons. The molecule has 0 aliphatic carbocycles. The van der Waals surface area contributed by atoms with Gasteiger partial charge in [-0.3, -0.25) is 0 Å². The van der Waals surface area contributed by atoms with Crippen LogP contribution >= 0.6 is 11.6 Å². The maximum atomic E-state index is 12.9. The summed E-state index contributed by atoms with van der Waals surface area (Å²) in [6.07, 6.45) is -4.44. The lowest BCUT2D eigenvalue weighted by molar-refractivity contribution is -0.137. The van der Waals surface area contributed by atoms with E-state index in [4.69, 9.17) is 11.6 Å². The van der Waals surface area contributed by atoms with Crippen LogP contribution < -0.4 is 5.32 Å². The standard InChI is InChI=1S/C24H19ClF3N3O/c1-23(17-5-3-2-4-6-17)15-31(30-21(23)16-7-11-19(25)12-8-16)22(32)29-20-13-9-18(10-14-20)24(26,27)28/h2-14H,15H2,1H3,(H,29,32). The number of carbonyl (C=O) groups is 1. The Hall–Kier alpha value is -3.32. The summed E-state index contributed by atoms with van der Waals surface area (Å²) in [5, 5.41) is 9.10. The van der Waals surface area contributed by atoms with Crippen LogP contribution in [-0.2, 0) is 11.6 Å². The fraction of sp³-hybridized carbons (Fsp3) is 0.167.